The summed E-state index contributed by atoms with van der Waals surface area (Å²) in [6.45, 7) is 0. The monoisotopic (exact) mass is 558 g/mol. The molecular weight excluding hydrogens is 522 g/mol. The van der Waals surface area contributed by atoms with E-state index in [4.69, 9.17) is 4.74 Å². The highest BCUT2D eigenvalue weighted by atomic mass is 31.1. The molecule has 6 rings (SSSR count). The number of hydrogen-bond acceptors (Lipinski definition) is 1. The smallest absolute Gasteiger partial charge is 0.0861 e. The third kappa shape index (κ3) is 5.70. The molecular formula is C37H36OP2. The third-order valence-electron chi connectivity index (χ3n) is 8.09. The van der Waals surface area contributed by atoms with E-state index in [0.717, 1.165) is 0 Å². The summed E-state index contributed by atoms with van der Waals surface area (Å²) < 4.78 is 6.56. The molecule has 0 heterocycles. The van der Waals surface area contributed by atoms with Crippen molar-refractivity contribution in [1.82, 2.24) is 0 Å². The molecule has 0 bridgehead atoms. The van der Waals surface area contributed by atoms with Crippen LogP contribution in [0.15, 0.2) is 146 Å². The molecule has 0 aliphatic heterocycles. The van der Waals surface area contributed by atoms with E-state index in [2.05, 4.69) is 146 Å². The molecule has 200 valence electrons. The Kier molecular flexibility index (Phi) is 8.85. The van der Waals surface area contributed by atoms with Crippen molar-refractivity contribution in [3.63, 3.8) is 0 Å². The minimum absolute atomic E-state index is 0.0542. The summed E-state index contributed by atoms with van der Waals surface area (Å²) in [7, 11) is 0.710. The number of hydrogen-bond donors (Lipinski definition) is 0. The maximum atomic E-state index is 6.56. The van der Waals surface area contributed by atoms with Crippen LogP contribution < -0.4 is 26.5 Å². The lowest BCUT2D eigenvalue weighted by atomic mass is 9.94. The molecule has 3 atom stereocenters. The van der Waals surface area contributed by atoms with Crippen molar-refractivity contribution in [2.24, 2.45) is 5.92 Å². The van der Waals surface area contributed by atoms with Gasteiger partial charge in [-0.2, -0.15) is 0 Å². The highest BCUT2D eigenvalue weighted by molar-refractivity contribution is 7.80. The average molecular weight is 559 g/mol. The van der Waals surface area contributed by atoms with E-state index in [-0.39, 0.29) is 6.10 Å². The van der Waals surface area contributed by atoms with Gasteiger partial charge in [-0.3, -0.25) is 0 Å². The van der Waals surface area contributed by atoms with Crippen LogP contribution in [0.1, 0.15) is 30.9 Å². The van der Waals surface area contributed by atoms with Gasteiger partial charge in [0.05, 0.1) is 6.10 Å². The molecule has 0 N–H and O–H groups in total. The molecule has 2 unspecified atom stereocenters. The van der Waals surface area contributed by atoms with Crippen LogP contribution in [-0.2, 0) is 4.74 Å². The van der Waals surface area contributed by atoms with Gasteiger partial charge in [-0.05, 0) is 72.3 Å². The Hall–Kier alpha value is -3.08. The summed E-state index contributed by atoms with van der Waals surface area (Å²) in [5.41, 5.74) is 1.93. The van der Waals surface area contributed by atoms with Gasteiger partial charge in [0.25, 0.3) is 0 Å². The van der Waals surface area contributed by atoms with Gasteiger partial charge in [-0.25, -0.2) is 0 Å². The first-order valence-corrected chi connectivity index (χ1v) is 17.0. The normalized spacial score (nSPS) is 17.8. The van der Waals surface area contributed by atoms with Crippen molar-refractivity contribution in [3.05, 3.63) is 151 Å². The van der Waals surface area contributed by atoms with Gasteiger partial charge in [0.2, 0.25) is 0 Å². The summed E-state index contributed by atoms with van der Waals surface area (Å²) in [4.78, 5) is 0. The lowest BCUT2D eigenvalue weighted by Crippen LogP contribution is -2.32. The third-order valence-corrected chi connectivity index (χ3v) is 13.6. The number of ether oxygens (including phenoxy) is 1. The molecule has 0 radical (unpaired) electrons. The van der Waals surface area contributed by atoms with Gasteiger partial charge in [0, 0.05) is 7.11 Å². The largest absolute Gasteiger partial charge is 0.376 e. The summed E-state index contributed by atoms with van der Waals surface area (Å²) in [5.74, 6) is 0.459. The van der Waals surface area contributed by atoms with E-state index >= 15 is 0 Å². The zero-order chi connectivity index (χ0) is 27.1. The van der Waals surface area contributed by atoms with Gasteiger partial charge < -0.3 is 4.74 Å². The Balaban J connectivity index is 1.44. The molecule has 0 spiro atoms. The van der Waals surface area contributed by atoms with E-state index in [1.807, 2.05) is 7.11 Å². The molecule has 1 fully saturated rings. The lowest BCUT2D eigenvalue weighted by Gasteiger charge is -2.36. The van der Waals surface area contributed by atoms with E-state index in [0.29, 0.717) is 11.6 Å². The van der Waals surface area contributed by atoms with Gasteiger partial charge in [-0.1, -0.05) is 152 Å². The fourth-order valence-electron chi connectivity index (χ4n) is 6.40. The first kappa shape index (κ1) is 27.1. The molecule has 40 heavy (non-hydrogen) atoms. The predicted molar refractivity (Wildman–Crippen MR) is 175 cm³/mol. The Labute approximate surface area is 241 Å². The number of methoxy groups -OCH3 is 1. The maximum Gasteiger partial charge on any atom is 0.0861 e. The maximum absolute atomic E-state index is 6.56. The van der Waals surface area contributed by atoms with E-state index < -0.39 is 15.8 Å². The van der Waals surface area contributed by atoms with Crippen molar-refractivity contribution >= 4 is 42.4 Å². The SMILES string of the molecule is CO[C@@H](c1ccccc1P(c1ccccc1)c1ccccc1)C1CCCC1P(c1ccccc1)c1ccccc1. The Morgan fingerprint density at radius 3 is 1.50 bits per heavy atom. The fraction of sp³-hybridized carbons (Fsp3) is 0.189. The first-order chi connectivity index (χ1) is 19.8. The van der Waals surface area contributed by atoms with Crippen LogP contribution in [0.2, 0.25) is 0 Å². The number of rotatable bonds is 9. The van der Waals surface area contributed by atoms with Crippen molar-refractivity contribution in [3.8, 4) is 0 Å². The van der Waals surface area contributed by atoms with Gasteiger partial charge >= 0.3 is 0 Å². The second-order valence-electron chi connectivity index (χ2n) is 10.4. The van der Waals surface area contributed by atoms with E-state index in [1.165, 1.54) is 51.3 Å². The standard InChI is InChI=1S/C37H36OP2/c1-38-37(34-26-16-28-36(34)40(31-21-10-4-11-22-31)32-23-12-5-13-24-32)33-25-14-15-27-35(33)39(29-17-6-2-7-18-29)30-19-8-3-9-20-30/h2-15,17-25,27,34,36-37H,16,26,28H2,1H3/t34?,36?,37-/m0/s1. The highest BCUT2D eigenvalue weighted by Crippen LogP contribution is 2.54. The Bertz CT molecular complexity index is 1400. The highest BCUT2D eigenvalue weighted by Gasteiger charge is 2.41. The summed E-state index contributed by atoms with van der Waals surface area (Å²) in [6.07, 6.45) is 3.75. The van der Waals surface area contributed by atoms with Crippen LogP contribution >= 0.6 is 15.8 Å². The van der Waals surface area contributed by atoms with Crippen molar-refractivity contribution < 1.29 is 4.74 Å². The predicted octanol–water partition coefficient (Wildman–Crippen LogP) is 7.43. The van der Waals surface area contributed by atoms with Crippen LogP contribution in [0, 0.1) is 5.92 Å². The van der Waals surface area contributed by atoms with Crippen LogP contribution in [0.25, 0.3) is 0 Å². The summed E-state index contributed by atoms with van der Waals surface area (Å²) in [6, 6.07) is 53.6. The van der Waals surface area contributed by atoms with Gasteiger partial charge in [-0.15, -0.1) is 0 Å². The molecule has 0 amide bonds. The number of benzene rings is 5. The summed E-state index contributed by atoms with van der Waals surface area (Å²) >= 11 is 0. The molecule has 3 heteroatoms. The summed E-state index contributed by atoms with van der Waals surface area (Å²) in [5, 5.41) is 7.12. The molecule has 1 aliphatic carbocycles. The Morgan fingerprint density at radius 2 is 1.00 bits per heavy atom. The minimum Gasteiger partial charge on any atom is -0.376 e. The molecule has 5 aromatic rings. The topological polar surface area (TPSA) is 9.23 Å². The quantitative estimate of drug-likeness (QED) is 0.171. The van der Waals surface area contributed by atoms with Gasteiger partial charge in [0.15, 0.2) is 0 Å². The molecule has 1 nitrogen and oxygen atoms in total. The van der Waals surface area contributed by atoms with Crippen molar-refractivity contribution in [2.75, 3.05) is 7.11 Å². The van der Waals surface area contributed by atoms with Crippen LogP contribution in [0.4, 0.5) is 0 Å². The first-order valence-electron chi connectivity index (χ1n) is 14.3. The van der Waals surface area contributed by atoms with Crippen LogP contribution in [0.3, 0.4) is 0 Å². The van der Waals surface area contributed by atoms with E-state index in [9.17, 15) is 0 Å². The van der Waals surface area contributed by atoms with Gasteiger partial charge in [0.1, 0.15) is 0 Å². The molecule has 5 aromatic carbocycles. The average Bonchev–Trinajstić information content (AvgIpc) is 3.50. The van der Waals surface area contributed by atoms with Crippen LogP contribution in [-0.4, -0.2) is 12.8 Å². The Morgan fingerprint density at radius 1 is 0.550 bits per heavy atom. The fourth-order valence-corrected chi connectivity index (χ4v) is 12.1. The second-order valence-corrected chi connectivity index (χ2v) is 15.0. The van der Waals surface area contributed by atoms with Crippen molar-refractivity contribution in [2.45, 2.75) is 31.0 Å². The molecule has 0 saturated heterocycles. The molecule has 1 saturated carbocycles. The minimum atomic E-state index is -0.711. The molecule has 1 aliphatic rings. The molecule has 0 aromatic heterocycles. The zero-order valence-electron chi connectivity index (χ0n) is 23.0. The van der Waals surface area contributed by atoms with Crippen molar-refractivity contribution in [1.29, 1.82) is 0 Å². The lowest BCUT2D eigenvalue weighted by molar-refractivity contribution is 0.0559. The van der Waals surface area contributed by atoms with Crippen LogP contribution in [0.5, 0.6) is 0 Å². The second kappa shape index (κ2) is 13.1. The zero-order valence-corrected chi connectivity index (χ0v) is 24.8. The van der Waals surface area contributed by atoms with E-state index in [1.54, 1.807) is 0 Å².